The van der Waals surface area contributed by atoms with Crippen LogP contribution in [0.5, 0.6) is 5.75 Å². The topological polar surface area (TPSA) is 90.0 Å². The predicted octanol–water partition coefficient (Wildman–Crippen LogP) is 0.722. The maximum Gasteiger partial charge on any atom is 0.260 e. The van der Waals surface area contributed by atoms with E-state index >= 15 is 0 Å². The molecule has 1 fully saturated rings. The number of ether oxygens (including phenoxy) is 1. The van der Waals surface area contributed by atoms with Crippen molar-refractivity contribution in [2.24, 2.45) is 0 Å². The van der Waals surface area contributed by atoms with Crippen LogP contribution in [-0.2, 0) is 4.79 Å². The fourth-order valence-corrected chi connectivity index (χ4v) is 2.99. The molecule has 2 aromatic carbocycles. The second-order valence-corrected chi connectivity index (χ2v) is 6.64. The van der Waals surface area contributed by atoms with Crippen molar-refractivity contribution in [1.82, 2.24) is 9.80 Å². The maximum absolute atomic E-state index is 12.6. The lowest BCUT2D eigenvalue weighted by Gasteiger charge is -2.34. The van der Waals surface area contributed by atoms with Gasteiger partial charge in [0.25, 0.3) is 11.8 Å². The van der Waals surface area contributed by atoms with Crippen LogP contribution in [0.25, 0.3) is 0 Å². The van der Waals surface area contributed by atoms with Crippen molar-refractivity contribution >= 4 is 17.8 Å². The zero-order valence-corrected chi connectivity index (χ0v) is 15.6. The van der Waals surface area contributed by atoms with Crippen LogP contribution >= 0.6 is 0 Å². The van der Waals surface area contributed by atoms with Gasteiger partial charge in [-0.05, 0) is 36.8 Å². The molecule has 2 aromatic rings. The number of nitrogens with zero attached hydrogens (tertiary/aromatic N) is 2. The summed E-state index contributed by atoms with van der Waals surface area (Å²) in [6.45, 7) is 3.49. The Morgan fingerprint density at radius 2 is 1.54 bits per heavy atom. The molecule has 0 atom stereocenters. The third-order valence-corrected chi connectivity index (χ3v) is 4.65. The van der Waals surface area contributed by atoms with Gasteiger partial charge in [-0.15, -0.1) is 0 Å². The summed E-state index contributed by atoms with van der Waals surface area (Å²) in [6.07, 6.45) is 0. The molecular formula is C21H21N2O5-. The summed E-state index contributed by atoms with van der Waals surface area (Å²) < 4.78 is 5.52. The van der Waals surface area contributed by atoms with Crippen molar-refractivity contribution in [2.45, 2.75) is 6.92 Å². The Balaban J connectivity index is 1.51. The number of benzene rings is 2. The molecule has 0 spiro atoms. The van der Waals surface area contributed by atoms with E-state index in [4.69, 9.17) is 4.74 Å². The summed E-state index contributed by atoms with van der Waals surface area (Å²) >= 11 is 0. The molecule has 7 heteroatoms. The van der Waals surface area contributed by atoms with Crippen LogP contribution in [0.4, 0.5) is 0 Å². The number of piperazine rings is 1. The third kappa shape index (κ3) is 4.68. The van der Waals surface area contributed by atoms with E-state index in [1.54, 1.807) is 15.9 Å². The smallest absolute Gasteiger partial charge is 0.260 e. The normalized spacial score (nSPS) is 13.9. The second-order valence-electron chi connectivity index (χ2n) is 6.64. The molecule has 0 radical (unpaired) electrons. The summed E-state index contributed by atoms with van der Waals surface area (Å²) in [5, 5.41) is 11.0. The second kappa shape index (κ2) is 8.56. The van der Waals surface area contributed by atoms with Gasteiger partial charge in [0.1, 0.15) is 5.75 Å². The van der Waals surface area contributed by atoms with Crippen LogP contribution in [0.15, 0.2) is 48.5 Å². The fraction of sp³-hybridized carbons (Fsp3) is 0.286. The van der Waals surface area contributed by atoms with E-state index in [0.29, 0.717) is 37.5 Å². The fourth-order valence-electron chi connectivity index (χ4n) is 2.99. The highest BCUT2D eigenvalue weighted by molar-refractivity contribution is 5.97. The van der Waals surface area contributed by atoms with Gasteiger partial charge in [0, 0.05) is 31.7 Å². The van der Waals surface area contributed by atoms with E-state index in [-0.39, 0.29) is 24.0 Å². The average Bonchev–Trinajstić information content (AvgIpc) is 2.72. The zero-order chi connectivity index (χ0) is 20.1. The van der Waals surface area contributed by atoms with Crippen molar-refractivity contribution in [3.8, 4) is 5.75 Å². The van der Waals surface area contributed by atoms with E-state index in [0.717, 1.165) is 5.56 Å². The molecular weight excluding hydrogens is 360 g/mol. The molecule has 0 aliphatic carbocycles. The highest BCUT2D eigenvalue weighted by atomic mass is 16.5. The molecule has 146 valence electrons. The number of carbonyl (C=O) groups excluding carboxylic acids is 3. The molecule has 1 aliphatic heterocycles. The summed E-state index contributed by atoms with van der Waals surface area (Å²) in [5.41, 5.74) is 1.38. The Labute approximate surface area is 163 Å². The van der Waals surface area contributed by atoms with Crippen molar-refractivity contribution in [1.29, 1.82) is 0 Å². The molecule has 0 saturated carbocycles. The largest absolute Gasteiger partial charge is 0.545 e. The molecule has 1 heterocycles. The predicted molar refractivity (Wildman–Crippen MR) is 99.9 cm³/mol. The van der Waals surface area contributed by atoms with Gasteiger partial charge in [0.15, 0.2) is 6.61 Å². The summed E-state index contributed by atoms with van der Waals surface area (Å²) in [6, 6.07) is 13.3. The highest BCUT2D eigenvalue weighted by Gasteiger charge is 2.25. The third-order valence-electron chi connectivity index (χ3n) is 4.65. The minimum absolute atomic E-state index is 0.0343. The Hall–Kier alpha value is -3.35. The van der Waals surface area contributed by atoms with Gasteiger partial charge in [-0.1, -0.05) is 29.8 Å². The minimum atomic E-state index is -1.32. The number of rotatable bonds is 5. The quantitative estimate of drug-likeness (QED) is 0.761. The van der Waals surface area contributed by atoms with Crippen LogP contribution in [0.3, 0.4) is 0 Å². The Morgan fingerprint density at radius 3 is 2.18 bits per heavy atom. The molecule has 3 rings (SSSR count). The van der Waals surface area contributed by atoms with Crippen LogP contribution in [-0.4, -0.2) is 60.4 Å². The molecule has 0 bridgehead atoms. The van der Waals surface area contributed by atoms with Crippen LogP contribution in [0.2, 0.25) is 0 Å². The number of aryl methyl sites for hydroxylation is 1. The Bertz CT molecular complexity index is 871. The zero-order valence-electron chi connectivity index (χ0n) is 15.6. The summed E-state index contributed by atoms with van der Waals surface area (Å²) in [5.74, 6) is -1.07. The van der Waals surface area contributed by atoms with Crippen molar-refractivity contribution < 1.29 is 24.2 Å². The number of carboxylic acid groups (broad SMARTS) is 1. The molecule has 7 nitrogen and oxygen atoms in total. The van der Waals surface area contributed by atoms with Gasteiger partial charge < -0.3 is 24.4 Å². The first-order chi connectivity index (χ1) is 13.4. The average molecular weight is 381 g/mol. The SMILES string of the molecule is Cc1ccc(OCC(=O)N2CCN(C(=O)c3cccc(C(=O)[O-])c3)CC2)cc1. The number of carboxylic acids is 1. The summed E-state index contributed by atoms with van der Waals surface area (Å²) in [7, 11) is 0. The number of hydrogen-bond acceptors (Lipinski definition) is 5. The highest BCUT2D eigenvalue weighted by Crippen LogP contribution is 2.13. The molecule has 28 heavy (non-hydrogen) atoms. The lowest BCUT2D eigenvalue weighted by Crippen LogP contribution is -2.51. The van der Waals surface area contributed by atoms with Gasteiger partial charge >= 0.3 is 0 Å². The van der Waals surface area contributed by atoms with Gasteiger partial charge in [0.2, 0.25) is 0 Å². The number of hydrogen-bond donors (Lipinski definition) is 0. The van der Waals surface area contributed by atoms with E-state index < -0.39 is 5.97 Å². The van der Waals surface area contributed by atoms with Crippen LogP contribution in [0, 0.1) is 6.92 Å². The van der Waals surface area contributed by atoms with E-state index in [9.17, 15) is 19.5 Å². The first-order valence-corrected chi connectivity index (χ1v) is 9.02. The molecule has 2 amide bonds. The van der Waals surface area contributed by atoms with E-state index in [1.165, 1.54) is 18.2 Å². The first-order valence-electron chi connectivity index (χ1n) is 9.02. The maximum atomic E-state index is 12.6. The van der Waals surface area contributed by atoms with Crippen LogP contribution in [0.1, 0.15) is 26.3 Å². The summed E-state index contributed by atoms with van der Waals surface area (Å²) in [4.78, 5) is 39.1. The Morgan fingerprint density at radius 1 is 0.929 bits per heavy atom. The monoisotopic (exact) mass is 381 g/mol. The van der Waals surface area contributed by atoms with Gasteiger partial charge in [-0.3, -0.25) is 9.59 Å². The lowest BCUT2D eigenvalue weighted by molar-refractivity contribution is -0.255. The molecule has 1 aliphatic rings. The van der Waals surface area contributed by atoms with Crippen LogP contribution < -0.4 is 9.84 Å². The van der Waals surface area contributed by atoms with Gasteiger partial charge in [0.05, 0.1) is 5.97 Å². The van der Waals surface area contributed by atoms with Crippen molar-refractivity contribution in [3.05, 3.63) is 65.2 Å². The van der Waals surface area contributed by atoms with Crippen molar-refractivity contribution in [3.63, 3.8) is 0 Å². The van der Waals surface area contributed by atoms with Gasteiger partial charge in [-0.25, -0.2) is 0 Å². The Kier molecular flexibility index (Phi) is 5.93. The molecule has 1 saturated heterocycles. The lowest BCUT2D eigenvalue weighted by atomic mass is 10.1. The molecule has 0 N–H and O–H groups in total. The van der Waals surface area contributed by atoms with E-state index in [1.807, 2.05) is 31.2 Å². The number of aromatic carboxylic acids is 1. The first kappa shape index (κ1) is 19.4. The van der Waals surface area contributed by atoms with Gasteiger partial charge in [-0.2, -0.15) is 0 Å². The number of amides is 2. The van der Waals surface area contributed by atoms with E-state index in [2.05, 4.69) is 0 Å². The molecule has 0 aromatic heterocycles. The minimum Gasteiger partial charge on any atom is -0.545 e. The molecule has 0 unspecified atom stereocenters. The standard InChI is InChI=1S/C21H22N2O5/c1-15-5-7-18(8-6-15)28-14-19(24)22-9-11-23(12-10-22)20(25)16-3-2-4-17(13-16)21(26)27/h2-8,13H,9-12,14H2,1H3,(H,26,27)/p-1. The van der Waals surface area contributed by atoms with Crippen molar-refractivity contribution in [2.75, 3.05) is 32.8 Å². The number of carbonyl (C=O) groups is 3.